The van der Waals surface area contributed by atoms with E-state index in [0.29, 0.717) is 45.5 Å². The number of nitrogens with zero attached hydrogens (tertiary/aromatic N) is 1. The topological polar surface area (TPSA) is 48.0 Å². The minimum absolute atomic E-state index is 0.154. The van der Waals surface area contributed by atoms with Gasteiger partial charge >= 0.3 is 0 Å². The SMILES string of the molecule is COc1cc(C(=O)N(C)CCOc2cccc(Cl)c2)cc(OC)c1Br. The van der Waals surface area contributed by atoms with Crippen molar-refractivity contribution in [3.8, 4) is 17.2 Å². The van der Waals surface area contributed by atoms with E-state index in [1.807, 2.05) is 12.1 Å². The van der Waals surface area contributed by atoms with Crippen LogP contribution in [0.25, 0.3) is 0 Å². The van der Waals surface area contributed by atoms with Crippen LogP contribution in [0.5, 0.6) is 17.2 Å². The number of rotatable bonds is 7. The molecule has 2 aromatic rings. The number of benzene rings is 2. The Bertz CT molecular complexity index is 729. The first kappa shape index (κ1) is 19.4. The number of methoxy groups -OCH3 is 2. The number of hydrogen-bond donors (Lipinski definition) is 0. The monoisotopic (exact) mass is 427 g/mol. The van der Waals surface area contributed by atoms with Crippen LogP contribution in [0.3, 0.4) is 0 Å². The van der Waals surface area contributed by atoms with Crippen molar-refractivity contribution in [3.05, 3.63) is 51.5 Å². The molecule has 0 fully saturated rings. The Morgan fingerprint density at radius 3 is 2.36 bits per heavy atom. The van der Waals surface area contributed by atoms with Crippen LogP contribution in [-0.4, -0.2) is 45.2 Å². The van der Waals surface area contributed by atoms with Gasteiger partial charge in [-0.1, -0.05) is 17.7 Å². The molecule has 0 unspecified atom stereocenters. The number of halogens is 2. The summed E-state index contributed by atoms with van der Waals surface area (Å²) in [5.74, 6) is 1.58. The molecule has 5 nitrogen and oxygen atoms in total. The summed E-state index contributed by atoms with van der Waals surface area (Å²) in [5, 5.41) is 0.607. The van der Waals surface area contributed by atoms with Crippen LogP contribution in [0.15, 0.2) is 40.9 Å². The van der Waals surface area contributed by atoms with Gasteiger partial charge in [-0.2, -0.15) is 0 Å². The molecule has 7 heteroatoms. The minimum atomic E-state index is -0.154. The average molecular weight is 429 g/mol. The summed E-state index contributed by atoms with van der Waals surface area (Å²) in [6.45, 7) is 0.777. The molecular formula is C18H19BrClNO4. The van der Waals surface area contributed by atoms with Gasteiger partial charge in [0.15, 0.2) is 0 Å². The average Bonchev–Trinajstić information content (AvgIpc) is 2.61. The zero-order valence-corrected chi connectivity index (χ0v) is 16.6. The largest absolute Gasteiger partial charge is 0.495 e. The fourth-order valence-electron chi connectivity index (χ4n) is 2.17. The number of hydrogen-bond acceptors (Lipinski definition) is 4. The van der Waals surface area contributed by atoms with Gasteiger partial charge in [-0.05, 0) is 46.3 Å². The fraction of sp³-hybridized carbons (Fsp3) is 0.278. The van der Waals surface area contributed by atoms with Crippen LogP contribution in [0.1, 0.15) is 10.4 Å². The Morgan fingerprint density at radius 1 is 1.16 bits per heavy atom. The molecule has 0 bridgehead atoms. The summed E-state index contributed by atoms with van der Waals surface area (Å²) in [6.07, 6.45) is 0. The second-order valence-corrected chi connectivity index (χ2v) is 6.46. The van der Waals surface area contributed by atoms with Gasteiger partial charge in [0.2, 0.25) is 0 Å². The maximum absolute atomic E-state index is 12.6. The second-order valence-electron chi connectivity index (χ2n) is 5.23. The molecule has 0 aliphatic carbocycles. The number of carbonyl (C=O) groups excluding carboxylic acids is 1. The number of carbonyl (C=O) groups is 1. The lowest BCUT2D eigenvalue weighted by molar-refractivity contribution is 0.0773. The van der Waals surface area contributed by atoms with Crippen LogP contribution < -0.4 is 14.2 Å². The Labute approximate surface area is 160 Å². The molecule has 0 aliphatic heterocycles. The molecule has 1 amide bonds. The third-order valence-electron chi connectivity index (χ3n) is 3.53. The van der Waals surface area contributed by atoms with Crippen molar-refractivity contribution < 1.29 is 19.0 Å². The summed E-state index contributed by atoms with van der Waals surface area (Å²) >= 11 is 9.30. The Kier molecular flexibility index (Phi) is 6.96. The predicted molar refractivity (Wildman–Crippen MR) is 101 cm³/mol. The lowest BCUT2D eigenvalue weighted by Gasteiger charge is -2.19. The smallest absolute Gasteiger partial charge is 0.253 e. The van der Waals surface area contributed by atoms with Crippen LogP contribution in [0.2, 0.25) is 5.02 Å². The standard InChI is InChI=1S/C18H19BrClNO4/c1-21(7-8-25-14-6-4-5-13(20)11-14)18(22)12-9-15(23-2)17(19)16(10-12)24-3/h4-6,9-11H,7-8H2,1-3H3. The summed E-state index contributed by atoms with van der Waals surface area (Å²) in [5.41, 5.74) is 0.474. The second kappa shape index (κ2) is 8.97. The van der Waals surface area contributed by atoms with Gasteiger partial charge in [-0.25, -0.2) is 0 Å². The molecule has 2 aromatic carbocycles. The van der Waals surface area contributed by atoms with Crippen LogP contribution in [-0.2, 0) is 0 Å². The zero-order chi connectivity index (χ0) is 18.4. The molecular weight excluding hydrogens is 410 g/mol. The van der Waals surface area contributed by atoms with Gasteiger partial charge in [0, 0.05) is 17.6 Å². The van der Waals surface area contributed by atoms with Gasteiger partial charge in [0.25, 0.3) is 5.91 Å². The third kappa shape index (κ3) is 5.03. The van der Waals surface area contributed by atoms with Gasteiger partial charge in [-0.15, -0.1) is 0 Å². The van der Waals surface area contributed by atoms with E-state index >= 15 is 0 Å². The first-order valence-electron chi connectivity index (χ1n) is 7.51. The van der Waals surface area contributed by atoms with Crippen LogP contribution in [0, 0.1) is 0 Å². The van der Waals surface area contributed by atoms with Gasteiger partial charge in [0.05, 0.1) is 20.8 Å². The van der Waals surface area contributed by atoms with E-state index in [9.17, 15) is 4.79 Å². The maximum Gasteiger partial charge on any atom is 0.253 e. The van der Waals surface area contributed by atoms with Gasteiger partial charge < -0.3 is 19.1 Å². The van der Waals surface area contributed by atoms with Crippen LogP contribution >= 0.6 is 27.5 Å². The predicted octanol–water partition coefficient (Wildman–Crippen LogP) is 4.27. The molecule has 0 radical (unpaired) electrons. The highest BCUT2D eigenvalue weighted by atomic mass is 79.9. The van der Waals surface area contributed by atoms with E-state index in [-0.39, 0.29) is 5.91 Å². The molecule has 2 rings (SSSR count). The molecule has 0 aromatic heterocycles. The molecule has 0 N–H and O–H groups in total. The number of likely N-dealkylation sites (N-methyl/N-ethyl adjacent to an activating group) is 1. The first-order valence-corrected chi connectivity index (χ1v) is 8.68. The Balaban J connectivity index is 2.02. The Hall–Kier alpha value is -1.92. The molecule has 0 saturated heterocycles. The molecule has 0 saturated carbocycles. The van der Waals surface area contributed by atoms with E-state index in [1.165, 1.54) is 14.2 Å². The highest BCUT2D eigenvalue weighted by molar-refractivity contribution is 9.10. The first-order chi connectivity index (χ1) is 12.0. The highest BCUT2D eigenvalue weighted by Crippen LogP contribution is 2.35. The third-order valence-corrected chi connectivity index (χ3v) is 4.55. The summed E-state index contributed by atoms with van der Waals surface area (Å²) in [4.78, 5) is 14.2. The lowest BCUT2D eigenvalue weighted by Crippen LogP contribution is -2.30. The van der Waals surface area contributed by atoms with E-state index in [0.717, 1.165) is 0 Å². The van der Waals surface area contributed by atoms with Gasteiger partial charge in [0.1, 0.15) is 28.3 Å². The van der Waals surface area contributed by atoms with E-state index in [1.54, 1.807) is 36.2 Å². The van der Waals surface area contributed by atoms with Crippen molar-refractivity contribution in [1.82, 2.24) is 4.90 Å². The van der Waals surface area contributed by atoms with Crippen LogP contribution in [0.4, 0.5) is 0 Å². The molecule has 25 heavy (non-hydrogen) atoms. The van der Waals surface area contributed by atoms with Crippen molar-refractivity contribution >= 4 is 33.4 Å². The van der Waals surface area contributed by atoms with Crippen molar-refractivity contribution in [1.29, 1.82) is 0 Å². The molecule has 0 atom stereocenters. The quantitative estimate of drug-likeness (QED) is 0.661. The molecule has 0 spiro atoms. The fourth-order valence-corrected chi connectivity index (χ4v) is 2.90. The van der Waals surface area contributed by atoms with Crippen molar-refractivity contribution in [3.63, 3.8) is 0 Å². The molecule has 0 heterocycles. The molecule has 134 valence electrons. The number of ether oxygens (including phenoxy) is 3. The van der Waals surface area contributed by atoms with Gasteiger partial charge in [-0.3, -0.25) is 4.79 Å². The summed E-state index contributed by atoms with van der Waals surface area (Å²) in [6, 6.07) is 10.5. The lowest BCUT2D eigenvalue weighted by atomic mass is 10.1. The van der Waals surface area contributed by atoms with E-state index < -0.39 is 0 Å². The van der Waals surface area contributed by atoms with Crippen molar-refractivity contribution in [2.75, 3.05) is 34.4 Å². The minimum Gasteiger partial charge on any atom is -0.495 e. The van der Waals surface area contributed by atoms with E-state index in [2.05, 4.69) is 15.9 Å². The van der Waals surface area contributed by atoms with Crippen molar-refractivity contribution in [2.24, 2.45) is 0 Å². The summed E-state index contributed by atoms with van der Waals surface area (Å²) in [7, 11) is 4.79. The van der Waals surface area contributed by atoms with E-state index in [4.69, 9.17) is 25.8 Å². The van der Waals surface area contributed by atoms with Crippen molar-refractivity contribution in [2.45, 2.75) is 0 Å². The summed E-state index contributed by atoms with van der Waals surface area (Å²) < 4.78 is 16.8. The molecule has 0 aliphatic rings. The Morgan fingerprint density at radius 2 is 1.80 bits per heavy atom. The maximum atomic E-state index is 12.6. The normalized spacial score (nSPS) is 10.3. The number of amides is 1. The highest BCUT2D eigenvalue weighted by Gasteiger charge is 2.17. The zero-order valence-electron chi connectivity index (χ0n) is 14.2.